The van der Waals surface area contributed by atoms with E-state index in [4.69, 9.17) is 0 Å². The second-order valence-electron chi connectivity index (χ2n) is 5.19. The highest BCUT2D eigenvalue weighted by molar-refractivity contribution is 5.21. The number of likely N-dealkylation sites (N-methyl/N-ethyl adjacent to an activating group) is 1. The smallest absolute Gasteiger partial charge is 0.123 e. The Morgan fingerprint density at radius 2 is 2.20 bits per heavy atom. The molecule has 1 aromatic heterocycles. The van der Waals surface area contributed by atoms with Crippen molar-refractivity contribution in [2.75, 3.05) is 20.6 Å². The van der Waals surface area contributed by atoms with Crippen LogP contribution in [-0.2, 0) is 6.54 Å². The van der Waals surface area contributed by atoms with Gasteiger partial charge in [-0.2, -0.15) is 5.10 Å². The Morgan fingerprint density at radius 3 is 2.80 bits per heavy atom. The standard InChI is InChI=1S/C15H21FN4/c1-11-13(9-18-19-11)8-17-10-15(20(2)3)12-5-4-6-14(16)7-12/h4-7,9,15,17H,8,10H2,1-3H3,(H,18,19)/t15-/m0/s1. The van der Waals surface area contributed by atoms with Crippen molar-refractivity contribution < 1.29 is 4.39 Å². The molecular formula is C15H21FN4. The first-order valence-electron chi connectivity index (χ1n) is 6.69. The van der Waals surface area contributed by atoms with Crippen molar-refractivity contribution in [1.82, 2.24) is 20.4 Å². The summed E-state index contributed by atoms with van der Waals surface area (Å²) in [6.45, 7) is 3.50. The first-order chi connectivity index (χ1) is 9.58. The highest BCUT2D eigenvalue weighted by Crippen LogP contribution is 2.18. The molecule has 0 fully saturated rings. The van der Waals surface area contributed by atoms with E-state index in [2.05, 4.69) is 20.4 Å². The molecule has 1 atom stereocenters. The van der Waals surface area contributed by atoms with Crippen LogP contribution in [0, 0.1) is 12.7 Å². The maximum atomic E-state index is 13.3. The van der Waals surface area contributed by atoms with Crippen LogP contribution in [0.5, 0.6) is 0 Å². The molecule has 2 rings (SSSR count). The van der Waals surface area contributed by atoms with E-state index in [0.717, 1.165) is 29.9 Å². The lowest BCUT2D eigenvalue weighted by atomic mass is 10.1. The summed E-state index contributed by atoms with van der Waals surface area (Å²) >= 11 is 0. The molecule has 0 unspecified atom stereocenters. The van der Waals surface area contributed by atoms with Crippen LogP contribution in [0.3, 0.4) is 0 Å². The molecule has 2 N–H and O–H groups in total. The number of nitrogens with one attached hydrogen (secondary N) is 2. The molecule has 1 aromatic carbocycles. The number of nitrogens with zero attached hydrogens (tertiary/aromatic N) is 2. The summed E-state index contributed by atoms with van der Waals surface area (Å²) < 4.78 is 13.3. The van der Waals surface area contributed by atoms with Crippen molar-refractivity contribution in [3.05, 3.63) is 53.1 Å². The van der Waals surface area contributed by atoms with Gasteiger partial charge in [-0.05, 0) is 38.7 Å². The van der Waals surface area contributed by atoms with Crippen LogP contribution in [0.25, 0.3) is 0 Å². The zero-order valence-electron chi connectivity index (χ0n) is 12.2. The Morgan fingerprint density at radius 1 is 1.40 bits per heavy atom. The molecule has 0 bridgehead atoms. The molecule has 0 saturated carbocycles. The van der Waals surface area contributed by atoms with Gasteiger partial charge >= 0.3 is 0 Å². The van der Waals surface area contributed by atoms with Gasteiger partial charge in [-0.1, -0.05) is 12.1 Å². The maximum Gasteiger partial charge on any atom is 0.123 e. The van der Waals surface area contributed by atoms with Gasteiger partial charge in [0.2, 0.25) is 0 Å². The summed E-state index contributed by atoms with van der Waals surface area (Å²) in [6.07, 6.45) is 1.83. The average Bonchev–Trinajstić information content (AvgIpc) is 2.80. The Bertz CT molecular complexity index is 550. The topological polar surface area (TPSA) is 44.0 Å². The third kappa shape index (κ3) is 3.65. The van der Waals surface area contributed by atoms with E-state index in [9.17, 15) is 4.39 Å². The highest BCUT2D eigenvalue weighted by atomic mass is 19.1. The van der Waals surface area contributed by atoms with Crippen LogP contribution >= 0.6 is 0 Å². The van der Waals surface area contributed by atoms with Crippen LogP contribution in [0.1, 0.15) is 22.9 Å². The largest absolute Gasteiger partial charge is 0.311 e. The predicted molar refractivity (Wildman–Crippen MR) is 77.9 cm³/mol. The van der Waals surface area contributed by atoms with Crippen LogP contribution < -0.4 is 5.32 Å². The molecule has 0 aliphatic heterocycles. The molecule has 0 spiro atoms. The Labute approximate surface area is 119 Å². The van der Waals surface area contributed by atoms with Gasteiger partial charge in [-0.3, -0.25) is 5.10 Å². The van der Waals surface area contributed by atoms with Gasteiger partial charge in [-0.25, -0.2) is 4.39 Å². The second kappa shape index (κ2) is 6.63. The summed E-state index contributed by atoms with van der Waals surface area (Å²) in [5.41, 5.74) is 3.21. The predicted octanol–water partition coefficient (Wildman–Crippen LogP) is 2.25. The number of benzene rings is 1. The van der Waals surface area contributed by atoms with Crippen LogP contribution in [0.15, 0.2) is 30.5 Å². The van der Waals surface area contributed by atoms with E-state index < -0.39 is 0 Å². The zero-order chi connectivity index (χ0) is 14.5. The molecule has 0 aliphatic carbocycles. The van der Waals surface area contributed by atoms with Gasteiger partial charge in [0.15, 0.2) is 0 Å². The molecule has 0 radical (unpaired) electrons. The minimum Gasteiger partial charge on any atom is -0.311 e. The van der Waals surface area contributed by atoms with Gasteiger partial charge in [0, 0.05) is 30.4 Å². The van der Waals surface area contributed by atoms with E-state index in [0.29, 0.717) is 0 Å². The third-order valence-corrected chi connectivity index (χ3v) is 3.44. The minimum absolute atomic E-state index is 0.137. The molecule has 1 heterocycles. The summed E-state index contributed by atoms with van der Waals surface area (Å²) in [5.74, 6) is -0.194. The second-order valence-corrected chi connectivity index (χ2v) is 5.19. The molecule has 0 saturated heterocycles. The number of halogens is 1. The van der Waals surface area contributed by atoms with Gasteiger partial charge in [0.1, 0.15) is 5.82 Å². The first-order valence-corrected chi connectivity index (χ1v) is 6.69. The van der Waals surface area contributed by atoms with Crippen molar-refractivity contribution >= 4 is 0 Å². The lowest BCUT2D eigenvalue weighted by molar-refractivity contribution is 0.287. The summed E-state index contributed by atoms with van der Waals surface area (Å²) in [6, 6.07) is 6.91. The van der Waals surface area contributed by atoms with E-state index >= 15 is 0 Å². The fraction of sp³-hybridized carbons (Fsp3) is 0.400. The number of rotatable bonds is 6. The van der Waals surface area contributed by atoms with Gasteiger partial charge in [0.25, 0.3) is 0 Å². The van der Waals surface area contributed by atoms with Crippen molar-refractivity contribution in [3.63, 3.8) is 0 Å². The Kier molecular flexibility index (Phi) is 4.87. The van der Waals surface area contributed by atoms with Crippen LogP contribution in [0.2, 0.25) is 0 Å². The Balaban J connectivity index is 1.98. The molecule has 20 heavy (non-hydrogen) atoms. The first kappa shape index (κ1) is 14.7. The summed E-state index contributed by atoms with van der Waals surface area (Å²) in [7, 11) is 4.00. The molecule has 2 aromatic rings. The average molecular weight is 276 g/mol. The quantitative estimate of drug-likeness (QED) is 0.850. The van der Waals surface area contributed by atoms with Crippen LogP contribution in [0.4, 0.5) is 4.39 Å². The monoisotopic (exact) mass is 276 g/mol. The van der Waals surface area contributed by atoms with Gasteiger partial charge < -0.3 is 10.2 Å². The number of H-pyrrole nitrogens is 1. The van der Waals surface area contributed by atoms with E-state index in [1.54, 1.807) is 12.1 Å². The van der Waals surface area contributed by atoms with Crippen LogP contribution in [-0.4, -0.2) is 35.7 Å². The zero-order valence-corrected chi connectivity index (χ0v) is 12.2. The van der Waals surface area contributed by atoms with E-state index in [-0.39, 0.29) is 11.9 Å². The molecule has 4 nitrogen and oxygen atoms in total. The van der Waals surface area contributed by atoms with Crippen molar-refractivity contribution in [2.24, 2.45) is 0 Å². The number of hydrogen-bond acceptors (Lipinski definition) is 3. The number of aromatic nitrogens is 2. The van der Waals surface area contributed by atoms with Crippen molar-refractivity contribution in [3.8, 4) is 0 Å². The lowest BCUT2D eigenvalue weighted by Crippen LogP contribution is -2.31. The molecule has 0 aliphatic rings. The number of hydrogen-bond donors (Lipinski definition) is 2. The molecule has 0 amide bonds. The van der Waals surface area contributed by atoms with Gasteiger partial charge in [0.05, 0.1) is 6.20 Å². The minimum atomic E-state index is -0.194. The van der Waals surface area contributed by atoms with E-state index in [1.807, 2.05) is 33.3 Å². The fourth-order valence-corrected chi connectivity index (χ4v) is 2.21. The van der Waals surface area contributed by atoms with Gasteiger partial charge in [-0.15, -0.1) is 0 Å². The summed E-state index contributed by atoms with van der Waals surface area (Å²) in [5, 5.41) is 10.3. The highest BCUT2D eigenvalue weighted by Gasteiger charge is 2.14. The molecule has 5 heteroatoms. The van der Waals surface area contributed by atoms with Crippen molar-refractivity contribution in [2.45, 2.75) is 19.5 Å². The summed E-state index contributed by atoms with van der Waals surface area (Å²) in [4.78, 5) is 2.09. The Hall–Kier alpha value is -1.72. The number of aryl methyl sites for hydroxylation is 1. The molecule has 108 valence electrons. The lowest BCUT2D eigenvalue weighted by Gasteiger charge is -2.25. The number of aromatic amines is 1. The molecular weight excluding hydrogens is 255 g/mol. The maximum absolute atomic E-state index is 13.3. The van der Waals surface area contributed by atoms with Crippen molar-refractivity contribution in [1.29, 1.82) is 0 Å². The third-order valence-electron chi connectivity index (χ3n) is 3.44. The normalized spacial score (nSPS) is 12.8. The fourth-order valence-electron chi connectivity index (χ4n) is 2.21. The van der Waals surface area contributed by atoms with E-state index in [1.165, 1.54) is 6.07 Å². The SMILES string of the molecule is Cc1[nH]ncc1CNC[C@@H](c1cccc(F)c1)N(C)C.